The lowest BCUT2D eigenvalue weighted by atomic mass is 10.1. The Morgan fingerprint density at radius 1 is 1.08 bits per heavy atom. The molecule has 0 fully saturated rings. The molecule has 0 aliphatic heterocycles. The first-order valence-corrected chi connectivity index (χ1v) is 5.41. The highest BCUT2D eigenvalue weighted by atomic mass is 32.2. The second-order valence-corrected chi connectivity index (χ2v) is 3.61. The van der Waals surface area contributed by atoms with Gasteiger partial charge < -0.3 is 4.98 Å². The zero-order chi connectivity index (χ0) is 9.10. The number of benzene rings is 1. The van der Waals surface area contributed by atoms with Crippen molar-refractivity contribution < 1.29 is 0 Å². The van der Waals surface area contributed by atoms with E-state index in [4.69, 9.17) is 0 Å². The Bertz CT molecular complexity index is 378. The van der Waals surface area contributed by atoms with Gasteiger partial charge in [-0.3, -0.25) is 0 Å². The summed E-state index contributed by atoms with van der Waals surface area (Å²) in [6.45, 7) is 0. The van der Waals surface area contributed by atoms with E-state index < -0.39 is 0 Å². The lowest BCUT2D eigenvalue weighted by Crippen LogP contribution is -1.76. The van der Waals surface area contributed by atoms with Crippen LogP contribution in [0.4, 0.5) is 0 Å². The summed E-state index contributed by atoms with van der Waals surface area (Å²) in [5.74, 6) is 0. The van der Waals surface area contributed by atoms with E-state index in [1.165, 1.54) is 16.2 Å². The topological polar surface area (TPSA) is 15.8 Å². The second kappa shape index (κ2) is 3.71. The lowest BCUT2D eigenvalue weighted by Gasteiger charge is -2.00. The van der Waals surface area contributed by atoms with E-state index in [0.29, 0.717) is 0 Å². The molecule has 0 saturated carbocycles. The van der Waals surface area contributed by atoms with Crippen molar-refractivity contribution in [3.63, 3.8) is 0 Å². The van der Waals surface area contributed by atoms with Crippen LogP contribution in [-0.2, 0) is 0 Å². The summed E-state index contributed by atoms with van der Waals surface area (Å²) in [6.07, 6.45) is 4.06. The fourth-order valence-electron chi connectivity index (χ4n) is 1.37. The smallest absolute Gasteiger partial charge is 0.0798 e. The van der Waals surface area contributed by atoms with E-state index in [1.54, 1.807) is 11.8 Å². The van der Waals surface area contributed by atoms with Gasteiger partial charge >= 0.3 is 0 Å². The van der Waals surface area contributed by atoms with Gasteiger partial charge in [-0.15, -0.1) is 11.8 Å². The summed E-state index contributed by atoms with van der Waals surface area (Å²) < 4.78 is 0. The summed E-state index contributed by atoms with van der Waals surface area (Å²) in [5.41, 5.74) is 2.56. The Balaban J connectivity index is 2.47. The predicted octanol–water partition coefficient (Wildman–Crippen LogP) is 3.40. The monoisotopic (exact) mass is 189 g/mol. The SMILES string of the molecule is CSc1[nH]ccc1-c1ccccc1. The van der Waals surface area contributed by atoms with Gasteiger partial charge in [-0.25, -0.2) is 0 Å². The summed E-state index contributed by atoms with van der Waals surface area (Å²) in [4.78, 5) is 3.22. The fraction of sp³-hybridized carbons (Fsp3) is 0.0909. The molecular formula is C11H11NS. The molecule has 13 heavy (non-hydrogen) atoms. The van der Waals surface area contributed by atoms with Gasteiger partial charge in [0.15, 0.2) is 0 Å². The molecule has 0 spiro atoms. The molecule has 2 rings (SSSR count). The Morgan fingerprint density at radius 3 is 2.54 bits per heavy atom. The van der Waals surface area contributed by atoms with Crippen molar-refractivity contribution in [1.82, 2.24) is 4.98 Å². The molecule has 0 saturated heterocycles. The highest BCUT2D eigenvalue weighted by molar-refractivity contribution is 7.98. The van der Waals surface area contributed by atoms with Crippen molar-refractivity contribution in [2.45, 2.75) is 5.03 Å². The highest BCUT2D eigenvalue weighted by Gasteiger charge is 2.03. The summed E-state index contributed by atoms with van der Waals surface area (Å²) in [6, 6.07) is 12.5. The molecular weight excluding hydrogens is 178 g/mol. The molecule has 0 aliphatic rings. The van der Waals surface area contributed by atoms with Gasteiger partial charge in [-0.2, -0.15) is 0 Å². The summed E-state index contributed by atoms with van der Waals surface area (Å²) >= 11 is 1.74. The average Bonchev–Trinajstić information content (AvgIpc) is 2.67. The molecule has 2 aromatic rings. The van der Waals surface area contributed by atoms with Gasteiger partial charge in [0.25, 0.3) is 0 Å². The highest BCUT2D eigenvalue weighted by Crippen LogP contribution is 2.28. The molecule has 0 atom stereocenters. The first-order chi connectivity index (χ1) is 6.42. The van der Waals surface area contributed by atoms with E-state index >= 15 is 0 Å². The Morgan fingerprint density at radius 2 is 1.85 bits per heavy atom. The Labute approximate surface area is 82.2 Å². The maximum absolute atomic E-state index is 3.22. The third kappa shape index (κ3) is 1.63. The van der Waals surface area contributed by atoms with Crippen LogP contribution in [0.15, 0.2) is 47.6 Å². The molecule has 0 radical (unpaired) electrons. The molecule has 66 valence electrons. The quantitative estimate of drug-likeness (QED) is 0.716. The third-order valence-electron chi connectivity index (χ3n) is 2.00. The number of thioether (sulfide) groups is 1. The van der Waals surface area contributed by atoms with Gasteiger partial charge in [0, 0.05) is 11.8 Å². The zero-order valence-corrected chi connectivity index (χ0v) is 8.27. The standard InChI is InChI=1S/C11H11NS/c1-13-11-10(7-8-12-11)9-5-3-2-4-6-9/h2-8,12H,1H3. The molecule has 1 aromatic heterocycles. The van der Waals surface area contributed by atoms with Crippen LogP contribution in [0.25, 0.3) is 11.1 Å². The number of H-pyrrole nitrogens is 1. The first kappa shape index (κ1) is 8.45. The number of aromatic nitrogens is 1. The van der Waals surface area contributed by atoms with E-state index in [2.05, 4.69) is 41.6 Å². The van der Waals surface area contributed by atoms with Gasteiger partial charge in [-0.05, 0) is 17.9 Å². The summed E-state index contributed by atoms with van der Waals surface area (Å²) in [7, 11) is 0. The van der Waals surface area contributed by atoms with E-state index in [1.807, 2.05) is 12.3 Å². The van der Waals surface area contributed by atoms with E-state index in [0.717, 1.165) is 0 Å². The van der Waals surface area contributed by atoms with Crippen molar-refractivity contribution in [2.75, 3.05) is 6.26 Å². The number of hydrogen-bond acceptors (Lipinski definition) is 1. The minimum atomic E-state index is 1.23. The van der Waals surface area contributed by atoms with Gasteiger partial charge in [0.1, 0.15) is 0 Å². The van der Waals surface area contributed by atoms with Gasteiger partial charge in [0.05, 0.1) is 5.03 Å². The third-order valence-corrected chi connectivity index (χ3v) is 2.74. The minimum Gasteiger partial charge on any atom is -0.356 e. The largest absolute Gasteiger partial charge is 0.356 e. The van der Waals surface area contributed by atoms with Crippen molar-refractivity contribution in [3.8, 4) is 11.1 Å². The maximum Gasteiger partial charge on any atom is 0.0798 e. The first-order valence-electron chi connectivity index (χ1n) is 4.18. The van der Waals surface area contributed by atoms with Crippen molar-refractivity contribution >= 4 is 11.8 Å². The predicted molar refractivity (Wildman–Crippen MR) is 58.0 cm³/mol. The van der Waals surface area contributed by atoms with E-state index in [9.17, 15) is 0 Å². The van der Waals surface area contributed by atoms with Crippen LogP contribution >= 0.6 is 11.8 Å². The molecule has 1 heterocycles. The summed E-state index contributed by atoms with van der Waals surface area (Å²) in [5, 5.41) is 1.23. The molecule has 1 N–H and O–H groups in total. The number of hydrogen-bond donors (Lipinski definition) is 1. The average molecular weight is 189 g/mol. The Kier molecular flexibility index (Phi) is 2.41. The van der Waals surface area contributed by atoms with Crippen LogP contribution in [0.5, 0.6) is 0 Å². The van der Waals surface area contributed by atoms with Crippen molar-refractivity contribution in [1.29, 1.82) is 0 Å². The van der Waals surface area contributed by atoms with Crippen LogP contribution in [0.3, 0.4) is 0 Å². The fourth-order valence-corrected chi connectivity index (χ4v) is 1.96. The maximum atomic E-state index is 3.22. The Hall–Kier alpha value is -1.15. The van der Waals surface area contributed by atoms with Crippen molar-refractivity contribution in [3.05, 3.63) is 42.6 Å². The molecule has 1 aromatic carbocycles. The van der Waals surface area contributed by atoms with Crippen LogP contribution in [0.1, 0.15) is 0 Å². The van der Waals surface area contributed by atoms with Crippen molar-refractivity contribution in [2.24, 2.45) is 0 Å². The molecule has 0 amide bonds. The van der Waals surface area contributed by atoms with Crippen LogP contribution in [-0.4, -0.2) is 11.2 Å². The second-order valence-electron chi connectivity index (χ2n) is 2.79. The van der Waals surface area contributed by atoms with Crippen LogP contribution in [0, 0.1) is 0 Å². The molecule has 1 nitrogen and oxygen atoms in total. The van der Waals surface area contributed by atoms with E-state index in [-0.39, 0.29) is 0 Å². The number of rotatable bonds is 2. The number of nitrogens with one attached hydrogen (secondary N) is 1. The molecule has 0 aliphatic carbocycles. The van der Waals surface area contributed by atoms with Gasteiger partial charge in [0.2, 0.25) is 0 Å². The molecule has 0 unspecified atom stereocenters. The minimum absolute atomic E-state index is 1.23. The molecule has 0 bridgehead atoms. The molecule has 2 heteroatoms. The van der Waals surface area contributed by atoms with Crippen LogP contribution < -0.4 is 0 Å². The van der Waals surface area contributed by atoms with Crippen LogP contribution in [0.2, 0.25) is 0 Å². The normalized spacial score (nSPS) is 10.2. The van der Waals surface area contributed by atoms with Gasteiger partial charge in [-0.1, -0.05) is 30.3 Å². The zero-order valence-electron chi connectivity index (χ0n) is 7.45. The number of aromatic amines is 1. The lowest BCUT2D eigenvalue weighted by molar-refractivity contribution is 1.21.